The van der Waals surface area contributed by atoms with Gasteiger partial charge < -0.3 is 21.1 Å². The Morgan fingerprint density at radius 1 is 1.30 bits per heavy atom. The molecule has 1 aliphatic rings. The van der Waals surface area contributed by atoms with Gasteiger partial charge in [-0.25, -0.2) is 0 Å². The van der Waals surface area contributed by atoms with Crippen LogP contribution in [0.15, 0.2) is 24.3 Å². The summed E-state index contributed by atoms with van der Waals surface area (Å²) in [6.07, 6.45) is 1.19. The standard InChI is InChI=1S/C14H19N3O3/c15-11-5-7-17(9-11)13(18)6-8-20-12-3-1-10(2-4-12)14(16)19/h1-4,11H,5-9,15H2,(H2,16,19)/t11-/m0/s1. The number of carbonyl (C=O) groups is 2. The van der Waals surface area contributed by atoms with E-state index in [4.69, 9.17) is 16.2 Å². The lowest BCUT2D eigenvalue weighted by Gasteiger charge is -2.15. The molecule has 6 heteroatoms. The number of nitrogens with zero attached hydrogens (tertiary/aromatic N) is 1. The summed E-state index contributed by atoms with van der Waals surface area (Å²) in [5.41, 5.74) is 11.3. The molecule has 0 saturated carbocycles. The molecular weight excluding hydrogens is 258 g/mol. The quantitative estimate of drug-likeness (QED) is 0.798. The van der Waals surface area contributed by atoms with Crippen LogP contribution in [0.1, 0.15) is 23.2 Å². The van der Waals surface area contributed by atoms with Crippen molar-refractivity contribution in [2.45, 2.75) is 18.9 Å². The number of hydrogen-bond acceptors (Lipinski definition) is 4. The van der Waals surface area contributed by atoms with Crippen LogP contribution in [-0.2, 0) is 4.79 Å². The van der Waals surface area contributed by atoms with Crippen LogP contribution in [-0.4, -0.2) is 42.5 Å². The fraction of sp³-hybridized carbons (Fsp3) is 0.429. The lowest BCUT2D eigenvalue weighted by molar-refractivity contribution is -0.130. The van der Waals surface area contributed by atoms with Crippen molar-refractivity contribution in [2.75, 3.05) is 19.7 Å². The Bertz CT molecular complexity index is 487. The molecule has 0 aliphatic carbocycles. The fourth-order valence-electron chi connectivity index (χ4n) is 2.14. The molecule has 0 bridgehead atoms. The smallest absolute Gasteiger partial charge is 0.248 e. The van der Waals surface area contributed by atoms with Gasteiger partial charge in [-0.15, -0.1) is 0 Å². The second kappa shape index (κ2) is 6.38. The average Bonchev–Trinajstić information content (AvgIpc) is 2.86. The van der Waals surface area contributed by atoms with Crippen LogP contribution >= 0.6 is 0 Å². The van der Waals surface area contributed by atoms with Crippen molar-refractivity contribution < 1.29 is 14.3 Å². The number of rotatable bonds is 5. The molecule has 1 aliphatic heterocycles. The summed E-state index contributed by atoms with van der Waals surface area (Å²) in [6, 6.07) is 6.62. The first kappa shape index (κ1) is 14.3. The van der Waals surface area contributed by atoms with Crippen LogP contribution in [0.2, 0.25) is 0 Å². The lowest BCUT2D eigenvalue weighted by Crippen LogP contribution is -2.32. The van der Waals surface area contributed by atoms with Crippen molar-refractivity contribution in [3.05, 3.63) is 29.8 Å². The predicted molar refractivity (Wildman–Crippen MR) is 74.2 cm³/mol. The molecule has 0 radical (unpaired) electrons. The van der Waals surface area contributed by atoms with Gasteiger partial charge in [0.2, 0.25) is 11.8 Å². The van der Waals surface area contributed by atoms with E-state index in [1.165, 1.54) is 0 Å². The van der Waals surface area contributed by atoms with E-state index in [-0.39, 0.29) is 11.9 Å². The minimum Gasteiger partial charge on any atom is -0.493 e. The summed E-state index contributed by atoms with van der Waals surface area (Å²) in [7, 11) is 0. The number of amides is 2. The molecular formula is C14H19N3O3. The highest BCUT2D eigenvalue weighted by Crippen LogP contribution is 2.13. The van der Waals surface area contributed by atoms with Crippen LogP contribution in [0.25, 0.3) is 0 Å². The second-order valence-electron chi connectivity index (χ2n) is 4.88. The zero-order chi connectivity index (χ0) is 14.5. The zero-order valence-electron chi connectivity index (χ0n) is 11.2. The minimum atomic E-state index is -0.475. The van der Waals surface area contributed by atoms with E-state index in [9.17, 15) is 9.59 Å². The minimum absolute atomic E-state index is 0.0618. The molecule has 1 aromatic carbocycles. The second-order valence-corrected chi connectivity index (χ2v) is 4.88. The first-order chi connectivity index (χ1) is 9.56. The van der Waals surface area contributed by atoms with Crippen molar-refractivity contribution in [1.29, 1.82) is 0 Å². The third kappa shape index (κ3) is 3.71. The Labute approximate surface area is 117 Å². The van der Waals surface area contributed by atoms with Gasteiger partial charge in [0.1, 0.15) is 5.75 Å². The third-order valence-corrected chi connectivity index (χ3v) is 3.30. The molecule has 1 heterocycles. The van der Waals surface area contributed by atoms with Crippen molar-refractivity contribution in [1.82, 2.24) is 4.90 Å². The highest BCUT2D eigenvalue weighted by molar-refractivity contribution is 5.92. The average molecular weight is 277 g/mol. The largest absolute Gasteiger partial charge is 0.493 e. The number of primary amides is 1. The van der Waals surface area contributed by atoms with E-state index in [1.807, 2.05) is 0 Å². The maximum absolute atomic E-state index is 11.9. The van der Waals surface area contributed by atoms with Crippen LogP contribution in [0.3, 0.4) is 0 Å². The highest BCUT2D eigenvalue weighted by atomic mass is 16.5. The van der Waals surface area contributed by atoms with Crippen molar-refractivity contribution in [2.24, 2.45) is 11.5 Å². The molecule has 1 saturated heterocycles. The summed E-state index contributed by atoms with van der Waals surface area (Å²) in [6.45, 7) is 1.67. The van der Waals surface area contributed by atoms with E-state index < -0.39 is 5.91 Å². The molecule has 0 unspecified atom stereocenters. The van der Waals surface area contributed by atoms with E-state index >= 15 is 0 Å². The van der Waals surface area contributed by atoms with Gasteiger partial charge in [-0.1, -0.05) is 0 Å². The molecule has 20 heavy (non-hydrogen) atoms. The van der Waals surface area contributed by atoms with Gasteiger partial charge in [-0.2, -0.15) is 0 Å². The summed E-state index contributed by atoms with van der Waals surface area (Å²) < 4.78 is 5.47. The van der Waals surface area contributed by atoms with Gasteiger partial charge in [0, 0.05) is 24.7 Å². The number of ether oxygens (including phenoxy) is 1. The molecule has 1 fully saturated rings. The van der Waals surface area contributed by atoms with Gasteiger partial charge in [0.15, 0.2) is 0 Å². The van der Waals surface area contributed by atoms with Gasteiger partial charge in [0.25, 0.3) is 0 Å². The topological polar surface area (TPSA) is 98.7 Å². The molecule has 6 nitrogen and oxygen atoms in total. The normalized spacial score (nSPS) is 18.1. The summed E-state index contributed by atoms with van der Waals surface area (Å²) >= 11 is 0. The van der Waals surface area contributed by atoms with Gasteiger partial charge in [0.05, 0.1) is 13.0 Å². The van der Waals surface area contributed by atoms with Crippen LogP contribution in [0, 0.1) is 0 Å². The molecule has 1 atom stereocenters. The number of carbonyl (C=O) groups excluding carboxylic acids is 2. The monoisotopic (exact) mass is 277 g/mol. The number of hydrogen-bond donors (Lipinski definition) is 2. The Kier molecular flexibility index (Phi) is 4.57. The van der Waals surface area contributed by atoms with Gasteiger partial charge in [-0.3, -0.25) is 9.59 Å². The summed E-state index contributed by atoms with van der Waals surface area (Å²) in [4.78, 5) is 24.5. The first-order valence-corrected chi connectivity index (χ1v) is 6.62. The summed E-state index contributed by atoms with van der Waals surface area (Å²) in [5.74, 6) is 0.199. The highest BCUT2D eigenvalue weighted by Gasteiger charge is 2.23. The van der Waals surface area contributed by atoms with Crippen molar-refractivity contribution in [3.8, 4) is 5.75 Å². The third-order valence-electron chi connectivity index (χ3n) is 3.30. The molecule has 4 N–H and O–H groups in total. The zero-order valence-corrected chi connectivity index (χ0v) is 11.2. The van der Waals surface area contributed by atoms with Gasteiger partial charge >= 0.3 is 0 Å². The summed E-state index contributed by atoms with van der Waals surface area (Å²) in [5, 5.41) is 0. The van der Waals surface area contributed by atoms with Crippen LogP contribution in [0.5, 0.6) is 5.75 Å². The van der Waals surface area contributed by atoms with Crippen LogP contribution in [0.4, 0.5) is 0 Å². The lowest BCUT2D eigenvalue weighted by atomic mass is 10.2. The Morgan fingerprint density at radius 3 is 2.55 bits per heavy atom. The molecule has 2 rings (SSSR count). The van der Waals surface area contributed by atoms with E-state index in [0.717, 1.165) is 13.0 Å². The molecule has 0 spiro atoms. The number of likely N-dealkylation sites (tertiary alicyclic amines) is 1. The van der Waals surface area contributed by atoms with Crippen molar-refractivity contribution >= 4 is 11.8 Å². The number of benzene rings is 1. The maximum Gasteiger partial charge on any atom is 0.248 e. The molecule has 0 aromatic heterocycles. The van der Waals surface area contributed by atoms with Gasteiger partial charge in [-0.05, 0) is 30.7 Å². The van der Waals surface area contributed by atoms with E-state index in [1.54, 1.807) is 29.2 Å². The van der Waals surface area contributed by atoms with E-state index in [2.05, 4.69) is 0 Å². The van der Waals surface area contributed by atoms with Crippen LogP contribution < -0.4 is 16.2 Å². The Morgan fingerprint density at radius 2 is 2.00 bits per heavy atom. The Balaban J connectivity index is 1.75. The van der Waals surface area contributed by atoms with E-state index in [0.29, 0.717) is 30.9 Å². The Hall–Kier alpha value is -2.08. The van der Waals surface area contributed by atoms with Crippen molar-refractivity contribution in [3.63, 3.8) is 0 Å². The molecule has 108 valence electrons. The predicted octanol–water partition coefficient (Wildman–Crippen LogP) is 0.114. The fourth-order valence-corrected chi connectivity index (χ4v) is 2.14. The number of nitrogens with two attached hydrogens (primary N) is 2. The molecule has 1 aromatic rings. The molecule has 2 amide bonds. The SMILES string of the molecule is NC(=O)c1ccc(OCCC(=O)N2CC[C@H](N)C2)cc1. The first-order valence-electron chi connectivity index (χ1n) is 6.62. The maximum atomic E-state index is 11.9.